The highest BCUT2D eigenvalue weighted by Crippen LogP contribution is 2.37. The van der Waals surface area contributed by atoms with E-state index in [9.17, 15) is 15.0 Å². The predicted octanol–water partition coefficient (Wildman–Crippen LogP) is 2.77. The molecule has 0 spiro atoms. The molecule has 5 nitrogen and oxygen atoms in total. The first-order valence-corrected chi connectivity index (χ1v) is 8.24. The van der Waals surface area contributed by atoms with Crippen LogP contribution in [-0.4, -0.2) is 44.4 Å². The molecule has 0 amide bonds. The Hall–Kier alpha value is -1.69. The van der Waals surface area contributed by atoms with E-state index in [4.69, 9.17) is 4.74 Å². The zero-order valence-corrected chi connectivity index (χ0v) is 14.7. The summed E-state index contributed by atoms with van der Waals surface area (Å²) in [6.45, 7) is 7.08. The van der Waals surface area contributed by atoms with Gasteiger partial charge in [0.1, 0.15) is 6.10 Å². The first-order chi connectivity index (χ1) is 11.1. The maximum absolute atomic E-state index is 12.0. The molecule has 0 saturated carbocycles. The molecule has 2 rings (SSSR count). The molecule has 132 valence electrons. The highest BCUT2D eigenvalue weighted by atomic mass is 16.5. The molecule has 0 unspecified atom stereocenters. The Labute approximate surface area is 143 Å². The van der Waals surface area contributed by atoms with Crippen LogP contribution in [0.4, 0.5) is 0 Å². The lowest BCUT2D eigenvalue weighted by Crippen LogP contribution is -2.42. The fraction of sp³-hybridized carbons (Fsp3) is 0.526. The largest absolute Gasteiger partial charge is 0.388 e. The number of aliphatic hydroxyl groups is 2. The van der Waals surface area contributed by atoms with Crippen LogP contribution >= 0.6 is 0 Å². The standard InChI is InChI=1S/C19H27NO4/c1-13(12-15(21)14-6-5-11-20-14)7-8-16(22)19(4)10-9-17(24-19)18(2,3)23/h5-8,11-12,16-17,20,22-23H,9-10H2,1-4H3/b8-7+,13-12-/t16-,17+,19+/m0/s1. The molecule has 1 saturated heterocycles. The number of ether oxygens (including phenoxy) is 1. The molecule has 0 radical (unpaired) electrons. The Morgan fingerprint density at radius 3 is 2.79 bits per heavy atom. The molecule has 5 heteroatoms. The van der Waals surface area contributed by atoms with Crippen molar-refractivity contribution in [2.75, 3.05) is 0 Å². The second-order valence-corrected chi connectivity index (χ2v) is 7.25. The van der Waals surface area contributed by atoms with Gasteiger partial charge < -0.3 is 19.9 Å². The third-order valence-electron chi connectivity index (χ3n) is 4.49. The molecule has 0 aliphatic carbocycles. The van der Waals surface area contributed by atoms with Crippen LogP contribution in [0.5, 0.6) is 0 Å². The summed E-state index contributed by atoms with van der Waals surface area (Å²) in [6.07, 6.45) is 6.84. The van der Waals surface area contributed by atoms with Gasteiger partial charge in [-0.1, -0.05) is 12.2 Å². The van der Waals surface area contributed by atoms with E-state index in [1.54, 1.807) is 44.3 Å². The van der Waals surface area contributed by atoms with Crippen molar-refractivity contribution in [2.45, 2.75) is 63.9 Å². The number of carbonyl (C=O) groups is 1. The second kappa shape index (κ2) is 7.05. The number of carbonyl (C=O) groups excluding carboxylic acids is 1. The van der Waals surface area contributed by atoms with E-state index in [2.05, 4.69) is 4.98 Å². The number of aromatic nitrogens is 1. The molecule has 24 heavy (non-hydrogen) atoms. The van der Waals surface area contributed by atoms with Gasteiger partial charge in [-0.05, 0) is 64.3 Å². The number of ketones is 1. The third kappa shape index (κ3) is 4.44. The summed E-state index contributed by atoms with van der Waals surface area (Å²) < 4.78 is 5.90. The highest BCUT2D eigenvalue weighted by molar-refractivity contribution is 6.03. The lowest BCUT2D eigenvalue weighted by atomic mass is 9.93. The topological polar surface area (TPSA) is 82.6 Å². The van der Waals surface area contributed by atoms with Gasteiger partial charge in [0, 0.05) is 6.20 Å². The lowest BCUT2D eigenvalue weighted by molar-refractivity contribution is -0.143. The predicted molar refractivity (Wildman–Crippen MR) is 92.8 cm³/mol. The Bertz CT molecular complexity index is 624. The van der Waals surface area contributed by atoms with Gasteiger partial charge in [0.25, 0.3) is 0 Å². The Morgan fingerprint density at radius 1 is 1.54 bits per heavy atom. The summed E-state index contributed by atoms with van der Waals surface area (Å²) in [7, 11) is 0. The van der Waals surface area contributed by atoms with Crippen LogP contribution < -0.4 is 0 Å². The maximum Gasteiger partial charge on any atom is 0.202 e. The van der Waals surface area contributed by atoms with E-state index in [1.165, 1.54) is 6.08 Å². The fourth-order valence-corrected chi connectivity index (χ4v) is 2.84. The zero-order chi connectivity index (χ0) is 18.0. The Kier molecular flexibility index (Phi) is 5.48. The van der Waals surface area contributed by atoms with Crippen molar-refractivity contribution in [1.29, 1.82) is 0 Å². The molecule has 3 atom stereocenters. The minimum atomic E-state index is -0.931. The van der Waals surface area contributed by atoms with E-state index in [-0.39, 0.29) is 11.9 Å². The van der Waals surface area contributed by atoms with Crippen LogP contribution in [-0.2, 0) is 4.74 Å². The molecule has 1 aliphatic rings. The van der Waals surface area contributed by atoms with Crippen LogP contribution in [0.2, 0.25) is 0 Å². The Morgan fingerprint density at radius 2 is 2.25 bits per heavy atom. The van der Waals surface area contributed by atoms with Gasteiger partial charge in [-0.25, -0.2) is 0 Å². The van der Waals surface area contributed by atoms with Crippen molar-refractivity contribution in [2.24, 2.45) is 0 Å². The van der Waals surface area contributed by atoms with Crippen LogP contribution in [0, 0.1) is 0 Å². The number of H-pyrrole nitrogens is 1. The van der Waals surface area contributed by atoms with Crippen LogP contribution in [0.3, 0.4) is 0 Å². The van der Waals surface area contributed by atoms with Crippen molar-refractivity contribution < 1.29 is 19.7 Å². The Balaban J connectivity index is 1.99. The number of hydrogen-bond donors (Lipinski definition) is 3. The average Bonchev–Trinajstić information content (AvgIpc) is 3.14. The zero-order valence-electron chi connectivity index (χ0n) is 14.7. The van der Waals surface area contributed by atoms with Crippen molar-refractivity contribution >= 4 is 5.78 Å². The van der Waals surface area contributed by atoms with Gasteiger partial charge in [0.2, 0.25) is 5.78 Å². The average molecular weight is 333 g/mol. The van der Waals surface area contributed by atoms with E-state index < -0.39 is 17.3 Å². The van der Waals surface area contributed by atoms with Crippen molar-refractivity contribution in [3.05, 3.63) is 47.8 Å². The minimum absolute atomic E-state index is 0.109. The molecule has 1 fully saturated rings. The van der Waals surface area contributed by atoms with Crippen molar-refractivity contribution in [1.82, 2.24) is 4.98 Å². The van der Waals surface area contributed by atoms with E-state index in [0.717, 1.165) is 5.57 Å². The summed E-state index contributed by atoms with van der Waals surface area (Å²) in [5.74, 6) is -0.109. The van der Waals surface area contributed by atoms with Gasteiger partial charge >= 0.3 is 0 Å². The molecular weight excluding hydrogens is 306 g/mol. The first-order valence-electron chi connectivity index (χ1n) is 8.24. The van der Waals surface area contributed by atoms with Gasteiger partial charge in [-0.2, -0.15) is 0 Å². The SMILES string of the molecule is CC(=C/C(=O)c1ccc[nH]1)/C=C/[C@H](O)[C@@]1(C)CC[C@H](C(C)(C)O)O1. The van der Waals surface area contributed by atoms with E-state index in [0.29, 0.717) is 18.5 Å². The van der Waals surface area contributed by atoms with Gasteiger partial charge in [0.15, 0.2) is 0 Å². The second-order valence-electron chi connectivity index (χ2n) is 7.25. The molecule has 0 aromatic carbocycles. The number of hydrogen-bond acceptors (Lipinski definition) is 4. The van der Waals surface area contributed by atoms with E-state index >= 15 is 0 Å². The fourth-order valence-electron chi connectivity index (χ4n) is 2.84. The lowest BCUT2D eigenvalue weighted by Gasteiger charge is -2.32. The number of aromatic amines is 1. The summed E-state index contributed by atoms with van der Waals surface area (Å²) in [5.41, 5.74) is -0.388. The summed E-state index contributed by atoms with van der Waals surface area (Å²) in [5, 5.41) is 20.5. The number of rotatable bonds is 6. The number of nitrogens with one attached hydrogen (secondary N) is 1. The van der Waals surface area contributed by atoms with Crippen LogP contribution in [0.15, 0.2) is 42.1 Å². The smallest absolute Gasteiger partial charge is 0.202 e. The van der Waals surface area contributed by atoms with Gasteiger partial charge in [0.05, 0.1) is 23.0 Å². The molecule has 1 aromatic heterocycles. The molecule has 0 bridgehead atoms. The first kappa shape index (κ1) is 18.6. The minimum Gasteiger partial charge on any atom is -0.388 e. The summed E-state index contributed by atoms with van der Waals surface area (Å²) in [6, 6.07) is 3.49. The molecular formula is C19H27NO4. The normalized spacial score (nSPS) is 26.9. The quantitative estimate of drug-likeness (QED) is 0.425. The van der Waals surface area contributed by atoms with E-state index in [1.807, 2.05) is 13.8 Å². The highest BCUT2D eigenvalue weighted by Gasteiger charge is 2.45. The molecule has 1 aliphatic heterocycles. The van der Waals surface area contributed by atoms with Crippen molar-refractivity contribution in [3.63, 3.8) is 0 Å². The molecule has 2 heterocycles. The van der Waals surface area contributed by atoms with Crippen LogP contribution in [0.1, 0.15) is 51.0 Å². The molecule has 3 N–H and O–H groups in total. The number of aliphatic hydroxyl groups excluding tert-OH is 1. The maximum atomic E-state index is 12.0. The monoisotopic (exact) mass is 333 g/mol. The molecule has 1 aromatic rings. The van der Waals surface area contributed by atoms with Gasteiger partial charge in [-0.3, -0.25) is 4.79 Å². The number of allylic oxidation sites excluding steroid dienone is 3. The van der Waals surface area contributed by atoms with Gasteiger partial charge in [-0.15, -0.1) is 0 Å². The summed E-state index contributed by atoms with van der Waals surface area (Å²) >= 11 is 0. The third-order valence-corrected chi connectivity index (χ3v) is 4.49. The van der Waals surface area contributed by atoms with Crippen molar-refractivity contribution in [3.8, 4) is 0 Å². The van der Waals surface area contributed by atoms with Crippen LogP contribution in [0.25, 0.3) is 0 Å². The summed E-state index contributed by atoms with van der Waals surface area (Å²) in [4.78, 5) is 14.8.